The Bertz CT molecular complexity index is 556. The lowest BCUT2D eigenvalue weighted by Gasteiger charge is -2.23. The molecule has 1 N–H and O–H groups in total. The first kappa shape index (κ1) is 15.5. The molecule has 0 aliphatic carbocycles. The molecule has 4 nitrogen and oxygen atoms in total. The fourth-order valence-electron chi connectivity index (χ4n) is 2.60. The molecule has 0 radical (unpaired) electrons. The van der Waals surface area contributed by atoms with Gasteiger partial charge in [-0.2, -0.15) is 0 Å². The van der Waals surface area contributed by atoms with E-state index < -0.39 is 5.82 Å². The van der Waals surface area contributed by atoms with Crippen LogP contribution in [0.15, 0.2) is 23.8 Å². The van der Waals surface area contributed by atoms with Crippen LogP contribution in [0, 0.1) is 5.82 Å². The number of rotatable bonds is 4. The van der Waals surface area contributed by atoms with Crippen LogP contribution >= 0.6 is 0 Å². The summed E-state index contributed by atoms with van der Waals surface area (Å²) in [5.74, 6) is -0.389. The number of carbonyl (C=O) groups is 1. The molecule has 1 fully saturated rings. The molecule has 0 aromatic heterocycles. The van der Waals surface area contributed by atoms with Crippen molar-refractivity contribution in [2.45, 2.75) is 25.8 Å². The van der Waals surface area contributed by atoms with E-state index in [1.54, 1.807) is 24.0 Å². The summed E-state index contributed by atoms with van der Waals surface area (Å²) in [4.78, 5) is 14.0. The van der Waals surface area contributed by atoms with Crippen LogP contribution in [0.1, 0.15) is 25.3 Å². The van der Waals surface area contributed by atoms with E-state index in [4.69, 9.17) is 4.74 Å². The highest BCUT2D eigenvalue weighted by molar-refractivity contribution is 5.97. The van der Waals surface area contributed by atoms with Crippen LogP contribution in [0.25, 0.3) is 6.08 Å². The van der Waals surface area contributed by atoms with E-state index in [2.05, 4.69) is 0 Å². The predicted molar refractivity (Wildman–Crippen MR) is 78.4 cm³/mol. The average Bonchev–Trinajstić information content (AvgIpc) is 2.95. The van der Waals surface area contributed by atoms with Crippen LogP contribution in [0.2, 0.25) is 0 Å². The van der Waals surface area contributed by atoms with Crippen molar-refractivity contribution < 1.29 is 19.0 Å². The first-order valence-electron chi connectivity index (χ1n) is 7.00. The van der Waals surface area contributed by atoms with E-state index in [0.29, 0.717) is 17.7 Å². The maximum Gasteiger partial charge on any atom is 0.249 e. The summed E-state index contributed by atoms with van der Waals surface area (Å²) in [6.07, 6.45) is 3.38. The third-order valence-electron chi connectivity index (χ3n) is 3.75. The molecule has 114 valence electrons. The Morgan fingerprint density at radius 3 is 2.95 bits per heavy atom. The van der Waals surface area contributed by atoms with E-state index in [0.717, 1.165) is 12.8 Å². The SMILES string of the molecule is COc1ccc(C=C(C)C(=O)N2CCCC2CO)cc1F. The summed E-state index contributed by atoms with van der Waals surface area (Å²) in [5, 5.41) is 9.27. The number of nitrogens with zero attached hydrogens (tertiary/aromatic N) is 1. The highest BCUT2D eigenvalue weighted by Gasteiger charge is 2.28. The lowest BCUT2D eigenvalue weighted by molar-refractivity contribution is -0.128. The van der Waals surface area contributed by atoms with Gasteiger partial charge in [0.25, 0.3) is 0 Å². The molecule has 1 unspecified atom stereocenters. The Morgan fingerprint density at radius 2 is 2.33 bits per heavy atom. The fraction of sp³-hybridized carbons (Fsp3) is 0.438. The number of carbonyl (C=O) groups excluding carboxylic acids is 1. The van der Waals surface area contributed by atoms with E-state index >= 15 is 0 Å². The number of amides is 1. The predicted octanol–water partition coefficient (Wildman–Crippen LogP) is 2.22. The minimum Gasteiger partial charge on any atom is -0.494 e. The molecule has 5 heteroatoms. The Kier molecular flexibility index (Phi) is 4.96. The van der Waals surface area contributed by atoms with Crippen molar-refractivity contribution >= 4 is 12.0 Å². The number of ether oxygens (including phenoxy) is 1. The van der Waals surface area contributed by atoms with Gasteiger partial charge in [-0.15, -0.1) is 0 Å². The molecule has 1 aromatic rings. The quantitative estimate of drug-likeness (QED) is 0.866. The van der Waals surface area contributed by atoms with Gasteiger partial charge in [0.1, 0.15) is 0 Å². The molecular weight excluding hydrogens is 273 g/mol. The summed E-state index contributed by atoms with van der Waals surface area (Å²) in [6.45, 7) is 2.35. The summed E-state index contributed by atoms with van der Waals surface area (Å²) >= 11 is 0. The molecule has 1 amide bonds. The standard InChI is InChI=1S/C16H20FNO3/c1-11(16(20)18-7-3-4-13(18)10-19)8-12-5-6-15(21-2)14(17)9-12/h5-6,8-9,13,19H,3-4,7,10H2,1-2H3. The van der Waals surface area contributed by atoms with E-state index in [-0.39, 0.29) is 24.3 Å². The highest BCUT2D eigenvalue weighted by Crippen LogP contribution is 2.22. The van der Waals surface area contributed by atoms with Gasteiger partial charge < -0.3 is 14.7 Å². The number of aliphatic hydroxyl groups is 1. The Balaban J connectivity index is 2.16. The van der Waals surface area contributed by atoms with Crippen molar-refractivity contribution in [2.75, 3.05) is 20.3 Å². The van der Waals surface area contributed by atoms with Gasteiger partial charge in [0.2, 0.25) is 5.91 Å². The van der Waals surface area contributed by atoms with Crippen LogP contribution in [0.5, 0.6) is 5.75 Å². The molecular formula is C16H20FNO3. The van der Waals surface area contributed by atoms with Crippen molar-refractivity contribution in [2.24, 2.45) is 0 Å². The van der Waals surface area contributed by atoms with Crippen LogP contribution in [-0.2, 0) is 4.79 Å². The van der Waals surface area contributed by atoms with Crippen LogP contribution in [0.3, 0.4) is 0 Å². The normalized spacial score (nSPS) is 19.0. The summed E-state index contributed by atoms with van der Waals surface area (Å²) < 4.78 is 18.5. The number of aliphatic hydroxyl groups excluding tert-OH is 1. The Hall–Kier alpha value is -1.88. The Morgan fingerprint density at radius 1 is 1.57 bits per heavy atom. The van der Waals surface area contributed by atoms with Gasteiger partial charge in [0.05, 0.1) is 19.8 Å². The first-order chi connectivity index (χ1) is 10.1. The molecule has 1 aliphatic heterocycles. The lowest BCUT2D eigenvalue weighted by atomic mass is 10.1. The van der Waals surface area contributed by atoms with Crippen LogP contribution < -0.4 is 4.74 Å². The van der Waals surface area contributed by atoms with E-state index in [9.17, 15) is 14.3 Å². The van der Waals surface area contributed by atoms with Crippen molar-refractivity contribution in [1.82, 2.24) is 4.90 Å². The third-order valence-corrected chi connectivity index (χ3v) is 3.75. The molecule has 1 atom stereocenters. The smallest absolute Gasteiger partial charge is 0.249 e. The maximum absolute atomic E-state index is 13.6. The Labute approximate surface area is 123 Å². The van der Waals surface area contributed by atoms with Crippen molar-refractivity contribution in [3.05, 3.63) is 35.2 Å². The molecule has 0 bridgehead atoms. The van der Waals surface area contributed by atoms with Gasteiger partial charge in [0.15, 0.2) is 11.6 Å². The largest absolute Gasteiger partial charge is 0.494 e. The summed E-state index contributed by atoms with van der Waals surface area (Å²) in [6, 6.07) is 4.47. The zero-order chi connectivity index (χ0) is 15.4. The van der Waals surface area contributed by atoms with Gasteiger partial charge in [-0.3, -0.25) is 4.79 Å². The number of methoxy groups -OCH3 is 1. The lowest BCUT2D eigenvalue weighted by Crippen LogP contribution is -2.38. The summed E-state index contributed by atoms with van der Waals surface area (Å²) in [7, 11) is 1.41. The van der Waals surface area contributed by atoms with Crippen LogP contribution in [-0.4, -0.2) is 42.2 Å². The topological polar surface area (TPSA) is 49.8 Å². The molecule has 21 heavy (non-hydrogen) atoms. The zero-order valence-electron chi connectivity index (χ0n) is 12.3. The van der Waals surface area contributed by atoms with E-state index in [1.807, 2.05) is 0 Å². The van der Waals surface area contributed by atoms with Gasteiger partial charge in [0, 0.05) is 12.1 Å². The van der Waals surface area contributed by atoms with Gasteiger partial charge >= 0.3 is 0 Å². The number of benzene rings is 1. The number of hydrogen-bond acceptors (Lipinski definition) is 3. The molecule has 1 saturated heterocycles. The number of likely N-dealkylation sites (tertiary alicyclic amines) is 1. The van der Waals surface area contributed by atoms with Crippen LogP contribution in [0.4, 0.5) is 4.39 Å². The second kappa shape index (κ2) is 6.72. The second-order valence-electron chi connectivity index (χ2n) is 5.20. The average molecular weight is 293 g/mol. The van der Waals surface area contributed by atoms with Gasteiger partial charge in [-0.1, -0.05) is 6.07 Å². The van der Waals surface area contributed by atoms with Crippen molar-refractivity contribution in [3.63, 3.8) is 0 Å². The number of hydrogen-bond donors (Lipinski definition) is 1. The second-order valence-corrected chi connectivity index (χ2v) is 5.20. The van der Waals surface area contributed by atoms with Gasteiger partial charge in [-0.25, -0.2) is 4.39 Å². The molecule has 1 aliphatic rings. The molecule has 2 rings (SSSR count). The zero-order valence-corrected chi connectivity index (χ0v) is 12.3. The monoisotopic (exact) mass is 293 g/mol. The van der Waals surface area contributed by atoms with E-state index in [1.165, 1.54) is 19.2 Å². The summed E-state index contributed by atoms with van der Waals surface area (Å²) in [5.41, 5.74) is 1.14. The van der Waals surface area contributed by atoms with Crippen molar-refractivity contribution in [3.8, 4) is 5.75 Å². The first-order valence-corrected chi connectivity index (χ1v) is 7.00. The minimum atomic E-state index is -0.457. The third kappa shape index (κ3) is 3.42. The molecule has 0 saturated carbocycles. The highest BCUT2D eigenvalue weighted by atomic mass is 19.1. The van der Waals surface area contributed by atoms with Crippen molar-refractivity contribution in [1.29, 1.82) is 0 Å². The molecule has 0 spiro atoms. The molecule has 1 aromatic carbocycles. The molecule has 1 heterocycles. The minimum absolute atomic E-state index is 0.0177. The maximum atomic E-state index is 13.6. The fourth-order valence-corrected chi connectivity index (χ4v) is 2.60. The number of halogens is 1. The van der Waals surface area contributed by atoms with Gasteiger partial charge in [-0.05, 0) is 43.5 Å².